The SMILES string of the molecule is O=C(NC1(C(=O)O)CCSC1)c1c[nH]c2ccc([N+](=O)[O-])cc12. The van der Waals surface area contributed by atoms with Crippen molar-refractivity contribution in [3.05, 3.63) is 40.1 Å². The van der Waals surface area contributed by atoms with E-state index in [0.717, 1.165) is 0 Å². The van der Waals surface area contributed by atoms with Crippen LogP contribution in [0.3, 0.4) is 0 Å². The molecule has 1 aromatic heterocycles. The van der Waals surface area contributed by atoms with E-state index in [2.05, 4.69) is 10.3 Å². The molecule has 9 heteroatoms. The van der Waals surface area contributed by atoms with Crippen molar-refractivity contribution in [2.24, 2.45) is 0 Å². The molecule has 1 amide bonds. The number of nitro groups is 1. The number of non-ortho nitro benzene ring substituents is 1. The van der Waals surface area contributed by atoms with Gasteiger partial charge in [0.15, 0.2) is 0 Å². The quantitative estimate of drug-likeness (QED) is 0.577. The van der Waals surface area contributed by atoms with Crippen LogP contribution in [0.2, 0.25) is 0 Å². The van der Waals surface area contributed by atoms with Crippen molar-refractivity contribution in [2.45, 2.75) is 12.0 Å². The van der Waals surface area contributed by atoms with Crippen LogP contribution in [0.15, 0.2) is 24.4 Å². The first kappa shape index (κ1) is 15.3. The molecule has 1 fully saturated rings. The number of nitro benzene ring substituents is 1. The van der Waals surface area contributed by atoms with Crippen molar-refractivity contribution >= 4 is 40.2 Å². The number of carbonyl (C=O) groups excluding carboxylic acids is 1. The highest BCUT2D eigenvalue weighted by atomic mass is 32.2. The maximum absolute atomic E-state index is 12.5. The Hall–Kier alpha value is -2.55. The summed E-state index contributed by atoms with van der Waals surface area (Å²) in [7, 11) is 0. The van der Waals surface area contributed by atoms with Crippen LogP contribution in [0.25, 0.3) is 10.9 Å². The highest BCUT2D eigenvalue weighted by Gasteiger charge is 2.43. The number of nitrogens with zero attached hydrogens (tertiary/aromatic N) is 1. The third kappa shape index (κ3) is 2.63. The van der Waals surface area contributed by atoms with Gasteiger partial charge in [0.25, 0.3) is 11.6 Å². The Morgan fingerprint density at radius 2 is 2.22 bits per heavy atom. The second-order valence-corrected chi connectivity index (χ2v) is 6.44. The summed E-state index contributed by atoms with van der Waals surface area (Å²) in [5, 5.41) is 23.3. The zero-order valence-corrected chi connectivity index (χ0v) is 12.7. The third-order valence-corrected chi connectivity index (χ3v) is 5.09. The number of amides is 1. The number of thioether (sulfide) groups is 1. The maximum Gasteiger partial charge on any atom is 0.330 e. The second kappa shape index (κ2) is 5.58. The van der Waals surface area contributed by atoms with Gasteiger partial charge in [-0.05, 0) is 18.2 Å². The van der Waals surface area contributed by atoms with E-state index >= 15 is 0 Å². The minimum absolute atomic E-state index is 0.129. The Kier molecular flexibility index (Phi) is 3.72. The lowest BCUT2D eigenvalue weighted by molar-refractivity contribution is -0.384. The first-order chi connectivity index (χ1) is 10.9. The molecule has 3 rings (SSSR count). The van der Waals surface area contributed by atoms with Crippen molar-refractivity contribution in [1.29, 1.82) is 0 Å². The zero-order chi connectivity index (χ0) is 16.6. The summed E-state index contributed by atoms with van der Waals surface area (Å²) in [5.41, 5.74) is -0.644. The lowest BCUT2D eigenvalue weighted by Crippen LogP contribution is -2.54. The molecule has 120 valence electrons. The number of nitrogens with one attached hydrogen (secondary N) is 2. The molecule has 0 aliphatic carbocycles. The van der Waals surface area contributed by atoms with Crippen molar-refractivity contribution in [1.82, 2.24) is 10.3 Å². The summed E-state index contributed by atoms with van der Waals surface area (Å²) in [4.78, 5) is 37.2. The molecule has 1 atom stereocenters. The molecule has 3 N–H and O–H groups in total. The molecule has 1 aromatic carbocycles. The number of carbonyl (C=O) groups is 2. The summed E-state index contributed by atoms with van der Waals surface area (Å²) in [6, 6.07) is 4.16. The van der Waals surface area contributed by atoms with Crippen LogP contribution >= 0.6 is 11.8 Å². The molecule has 0 bridgehead atoms. The average molecular weight is 335 g/mol. The molecule has 8 nitrogen and oxygen atoms in total. The molecule has 0 radical (unpaired) electrons. The van der Waals surface area contributed by atoms with Gasteiger partial charge in [0.2, 0.25) is 0 Å². The minimum atomic E-state index is -1.29. The Morgan fingerprint density at radius 3 is 2.83 bits per heavy atom. The smallest absolute Gasteiger partial charge is 0.330 e. The molecule has 1 aliphatic heterocycles. The highest BCUT2D eigenvalue weighted by molar-refractivity contribution is 7.99. The van der Waals surface area contributed by atoms with Gasteiger partial charge in [-0.25, -0.2) is 4.79 Å². The number of rotatable bonds is 4. The summed E-state index contributed by atoms with van der Waals surface area (Å²) < 4.78 is 0. The summed E-state index contributed by atoms with van der Waals surface area (Å²) in [5.74, 6) is -0.661. The lowest BCUT2D eigenvalue weighted by Gasteiger charge is -2.24. The van der Waals surface area contributed by atoms with E-state index in [1.807, 2.05) is 0 Å². The van der Waals surface area contributed by atoms with Gasteiger partial charge in [-0.1, -0.05) is 0 Å². The number of benzene rings is 1. The normalized spacial score (nSPS) is 20.5. The number of fused-ring (bicyclic) bond motifs is 1. The molecular weight excluding hydrogens is 322 g/mol. The molecule has 2 heterocycles. The van der Waals surface area contributed by atoms with Crippen LogP contribution in [0, 0.1) is 10.1 Å². The van der Waals surface area contributed by atoms with Crippen molar-refractivity contribution < 1.29 is 19.6 Å². The number of hydrogen-bond donors (Lipinski definition) is 3. The Labute approximate surface area is 134 Å². The molecular formula is C14H13N3O5S. The Bertz CT molecular complexity index is 810. The number of H-pyrrole nitrogens is 1. The zero-order valence-electron chi connectivity index (χ0n) is 11.9. The largest absolute Gasteiger partial charge is 0.479 e. The van der Waals surface area contributed by atoms with Gasteiger partial charge in [-0.15, -0.1) is 0 Å². The van der Waals surface area contributed by atoms with Crippen LogP contribution in [0.4, 0.5) is 5.69 Å². The Balaban J connectivity index is 1.96. The predicted octanol–water partition coefficient (Wildman–Crippen LogP) is 1.77. The summed E-state index contributed by atoms with van der Waals surface area (Å²) >= 11 is 1.47. The van der Waals surface area contributed by atoms with Gasteiger partial charge in [0.1, 0.15) is 5.54 Å². The standard InChI is InChI=1S/C14H13N3O5S/c18-12(16-14(13(19)20)3-4-23-7-14)10-6-15-11-2-1-8(17(21)22)5-9(10)11/h1-2,5-6,15H,3-4,7H2,(H,16,18)(H,19,20). The van der Waals surface area contributed by atoms with E-state index in [-0.39, 0.29) is 11.3 Å². The van der Waals surface area contributed by atoms with E-state index in [1.54, 1.807) is 0 Å². The predicted molar refractivity (Wildman–Crippen MR) is 84.7 cm³/mol. The van der Waals surface area contributed by atoms with Crippen molar-refractivity contribution in [3.8, 4) is 0 Å². The fourth-order valence-electron chi connectivity index (χ4n) is 2.58. The van der Waals surface area contributed by atoms with Crippen LogP contribution in [-0.2, 0) is 4.79 Å². The summed E-state index contributed by atoms with van der Waals surface area (Å²) in [6.45, 7) is 0. The van der Waals surface area contributed by atoms with Gasteiger partial charge in [0, 0.05) is 35.0 Å². The van der Waals surface area contributed by atoms with Gasteiger partial charge in [-0.3, -0.25) is 14.9 Å². The topological polar surface area (TPSA) is 125 Å². The number of aromatic nitrogens is 1. The van der Waals surface area contributed by atoms with E-state index < -0.39 is 22.3 Å². The molecule has 23 heavy (non-hydrogen) atoms. The lowest BCUT2D eigenvalue weighted by atomic mass is 9.98. The van der Waals surface area contributed by atoms with Gasteiger partial charge >= 0.3 is 5.97 Å². The molecule has 0 spiro atoms. The van der Waals surface area contributed by atoms with Crippen LogP contribution < -0.4 is 5.32 Å². The molecule has 1 unspecified atom stereocenters. The molecule has 1 saturated heterocycles. The fraction of sp³-hybridized carbons (Fsp3) is 0.286. The van der Waals surface area contributed by atoms with Crippen molar-refractivity contribution in [3.63, 3.8) is 0 Å². The highest BCUT2D eigenvalue weighted by Crippen LogP contribution is 2.30. The molecule has 2 aromatic rings. The van der Waals surface area contributed by atoms with E-state index in [1.165, 1.54) is 36.2 Å². The monoisotopic (exact) mass is 335 g/mol. The van der Waals surface area contributed by atoms with Crippen molar-refractivity contribution in [2.75, 3.05) is 11.5 Å². The number of hydrogen-bond acceptors (Lipinski definition) is 5. The molecule has 1 aliphatic rings. The van der Waals surface area contributed by atoms with E-state index in [9.17, 15) is 24.8 Å². The third-order valence-electron chi connectivity index (χ3n) is 3.90. The number of aromatic amines is 1. The van der Waals surface area contributed by atoms with Crippen LogP contribution in [-0.4, -0.2) is 43.9 Å². The Morgan fingerprint density at radius 1 is 1.43 bits per heavy atom. The number of aliphatic carboxylic acids is 1. The maximum atomic E-state index is 12.5. The first-order valence-corrected chi connectivity index (χ1v) is 7.98. The summed E-state index contributed by atoms with van der Waals surface area (Å²) in [6.07, 6.45) is 1.78. The van der Waals surface area contributed by atoms with Gasteiger partial charge < -0.3 is 15.4 Å². The minimum Gasteiger partial charge on any atom is -0.479 e. The number of carboxylic acids is 1. The van der Waals surface area contributed by atoms with Crippen LogP contribution in [0.5, 0.6) is 0 Å². The fourth-order valence-corrected chi connectivity index (χ4v) is 3.91. The molecule has 0 saturated carbocycles. The van der Waals surface area contributed by atoms with E-state index in [4.69, 9.17) is 0 Å². The van der Waals surface area contributed by atoms with E-state index in [0.29, 0.717) is 28.8 Å². The first-order valence-electron chi connectivity index (χ1n) is 6.82. The van der Waals surface area contributed by atoms with Gasteiger partial charge in [0.05, 0.1) is 10.5 Å². The van der Waals surface area contributed by atoms with Crippen LogP contribution in [0.1, 0.15) is 16.8 Å². The van der Waals surface area contributed by atoms with Gasteiger partial charge in [-0.2, -0.15) is 11.8 Å². The second-order valence-electron chi connectivity index (χ2n) is 5.33. The number of carboxylic acid groups (broad SMARTS) is 1. The average Bonchev–Trinajstić information content (AvgIpc) is 3.13.